The summed E-state index contributed by atoms with van der Waals surface area (Å²) in [7, 11) is 0. The summed E-state index contributed by atoms with van der Waals surface area (Å²) in [5, 5.41) is 0. The summed E-state index contributed by atoms with van der Waals surface area (Å²) in [5.41, 5.74) is 7.56. The smallest absolute Gasteiger partial charge is 0.0196 e. The lowest BCUT2D eigenvalue weighted by molar-refractivity contribution is 0.665. The zero-order valence-electron chi connectivity index (χ0n) is 10.1. The van der Waals surface area contributed by atoms with Crippen LogP contribution in [0.2, 0.25) is 0 Å². The largest absolute Gasteiger partial charge is 0.0667 e. The summed E-state index contributed by atoms with van der Waals surface area (Å²) in [4.78, 5) is 0. The molecule has 0 heteroatoms. The minimum Gasteiger partial charge on any atom is -0.0667 e. The third kappa shape index (κ3) is 1.99. The van der Waals surface area contributed by atoms with Gasteiger partial charge in [0.2, 0.25) is 0 Å². The van der Waals surface area contributed by atoms with Gasteiger partial charge in [0.1, 0.15) is 0 Å². The Morgan fingerprint density at radius 3 is 2.53 bits per heavy atom. The maximum Gasteiger partial charge on any atom is -0.0196 e. The highest BCUT2D eigenvalue weighted by atomic mass is 14.2. The van der Waals surface area contributed by atoms with Gasteiger partial charge >= 0.3 is 0 Å². The molecular formula is C15H20. The quantitative estimate of drug-likeness (QED) is 0.658. The van der Waals surface area contributed by atoms with Gasteiger partial charge in [-0.15, -0.1) is 0 Å². The zero-order chi connectivity index (χ0) is 10.8. The predicted molar refractivity (Wildman–Crippen MR) is 67.0 cm³/mol. The predicted octanol–water partition coefficient (Wildman–Crippen LogP) is 4.51. The van der Waals surface area contributed by atoms with Gasteiger partial charge in [-0.3, -0.25) is 0 Å². The van der Waals surface area contributed by atoms with Gasteiger partial charge in [0, 0.05) is 0 Å². The molecule has 1 fully saturated rings. The van der Waals surface area contributed by atoms with E-state index in [1.54, 1.807) is 5.57 Å². The van der Waals surface area contributed by atoms with E-state index in [4.69, 9.17) is 0 Å². The summed E-state index contributed by atoms with van der Waals surface area (Å²) in [6, 6.07) is 6.88. The van der Waals surface area contributed by atoms with Gasteiger partial charge in [-0.25, -0.2) is 0 Å². The summed E-state index contributed by atoms with van der Waals surface area (Å²) in [5.74, 6) is 0. The monoisotopic (exact) mass is 200 g/mol. The van der Waals surface area contributed by atoms with Gasteiger partial charge in [0.15, 0.2) is 0 Å². The fourth-order valence-corrected chi connectivity index (χ4v) is 2.21. The Bertz CT molecular complexity index is 390. The zero-order valence-corrected chi connectivity index (χ0v) is 10.1. The van der Waals surface area contributed by atoms with Crippen LogP contribution in [-0.4, -0.2) is 0 Å². The van der Waals surface area contributed by atoms with Crippen LogP contribution in [0.15, 0.2) is 23.8 Å². The molecule has 0 amide bonds. The molecule has 1 aromatic carbocycles. The summed E-state index contributed by atoms with van der Waals surface area (Å²) >= 11 is 0. The Labute approximate surface area is 93.0 Å². The highest BCUT2D eigenvalue weighted by Crippen LogP contribution is 2.34. The van der Waals surface area contributed by atoms with Gasteiger partial charge in [0.25, 0.3) is 0 Å². The first-order valence-electron chi connectivity index (χ1n) is 6.01. The molecular weight excluding hydrogens is 180 g/mol. The molecule has 0 bridgehead atoms. The standard InChI is InChI=1S/C15H20/c1-4-13-9-8-11(2)15(10-13)12(3)14-6-5-7-14/h8-10H,4-7H2,1-3H3. The van der Waals surface area contributed by atoms with Crippen molar-refractivity contribution in [3.63, 3.8) is 0 Å². The van der Waals surface area contributed by atoms with E-state index in [-0.39, 0.29) is 0 Å². The van der Waals surface area contributed by atoms with Crippen LogP contribution in [0.25, 0.3) is 5.57 Å². The lowest BCUT2D eigenvalue weighted by Gasteiger charge is -2.21. The van der Waals surface area contributed by atoms with Crippen LogP contribution in [0.3, 0.4) is 0 Å². The molecule has 0 nitrogen and oxygen atoms in total. The fourth-order valence-electron chi connectivity index (χ4n) is 2.21. The normalized spacial score (nSPS) is 15.0. The van der Waals surface area contributed by atoms with Crippen molar-refractivity contribution in [2.45, 2.75) is 46.5 Å². The van der Waals surface area contributed by atoms with Crippen LogP contribution in [0.5, 0.6) is 0 Å². The molecule has 1 aliphatic rings. The first-order chi connectivity index (χ1) is 7.22. The molecule has 15 heavy (non-hydrogen) atoms. The lowest BCUT2D eigenvalue weighted by Crippen LogP contribution is -2.01. The van der Waals surface area contributed by atoms with E-state index in [9.17, 15) is 0 Å². The molecule has 0 aliphatic heterocycles. The van der Waals surface area contributed by atoms with Gasteiger partial charge < -0.3 is 0 Å². The number of benzene rings is 1. The van der Waals surface area contributed by atoms with Crippen LogP contribution in [0.1, 0.15) is 49.8 Å². The molecule has 1 aromatic rings. The van der Waals surface area contributed by atoms with Crippen molar-refractivity contribution >= 4 is 5.57 Å². The average molecular weight is 200 g/mol. The second kappa shape index (κ2) is 4.22. The Morgan fingerprint density at radius 1 is 1.27 bits per heavy atom. The van der Waals surface area contributed by atoms with E-state index in [1.165, 1.54) is 41.5 Å². The van der Waals surface area contributed by atoms with Gasteiger partial charge in [-0.05, 0) is 61.8 Å². The van der Waals surface area contributed by atoms with Crippen LogP contribution >= 0.6 is 0 Å². The maximum absolute atomic E-state index is 2.37. The molecule has 0 saturated heterocycles. The molecule has 0 radical (unpaired) electrons. The molecule has 2 rings (SSSR count). The second-order valence-corrected chi connectivity index (χ2v) is 4.58. The number of allylic oxidation sites excluding steroid dienone is 2. The maximum atomic E-state index is 2.37. The summed E-state index contributed by atoms with van der Waals surface area (Å²) in [6.07, 6.45) is 5.17. The van der Waals surface area contributed by atoms with E-state index in [0.717, 1.165) is 6.42 Å². The molecule has 0 aromatic heterocycles. The van der Waals surface area contributed by atoms with Gasteiger partial charge in [-0.2, -0.15) is 0 Å². The minimum absolute atomic E-state index is 1.13. The second-order valence-electron chi connectivity index (χ2n) is 4.58. The number of rotatable bonds is 2. The fraction of sp³-hybridized carbons (Fsp3) is 0.467. The number of hydrogen-bond acceptors (Lipinski definition) is 0. The summed E-state index contributed by atoms with van der Waals surface area (Å²) < 4.78 is 0. The molecule has 0 spiro atoms. The number of hydrogen-bond donors (Lipinski definition) is 0. The van der Waals surface area contributed by atoms with Crippen molar-refractivity contribution < 1.29 is 0 Å². The van der Waals surface area contributed by atoms with E-state index < -0.39 is 0 Å². The van der Waals surface area contributed by atoms with Crippen molar-refractivity contribution in [2.75, 3.05) is 0 Å². The molecule has 0 unspecified atom stereocenters. The van der Waals surface area contributed by atoms with Crippen LogP contribution in [-0.2, 0) is 6.42 Å². The van der Waals surface area contributed by atoms with Crippen LogP contribution in [0.4, 0.5) is 0 Å². The molecule has 0 heterocycles. The van der Waals surface area contributed by atoms with E-state index in [0.29, 0.717) is 0 Å². The highest BCUT2D eigenvalue weighted by molar-refractivity contribution is 5.70. The summed E-state index contributed by atoms with van der Waals surface area (Å²) in [6.45, 7) is 6.73. The minimum atomic E-state index is 1.13. The first-order valence-corrected chi connectivity index (χ1v) is 6.01. The number of aryl methyl sites for hydroxylation is 2. The molecule has 0 atom stereocenters. The highest BCUT2D eigenvalue weighted by Gasteiger charge is 2.13. The Hall–Kier alpha value is -1.04. The van der Waals surface area contributed by atoms with Gasteiger partial charge in [-0.1, -0.05) is 30.7 Å². The van der Waals surface area contributed by atoms with Crippen molar-refractivity contribution in [1.82, 2.24) is 0 Å². The SMILES string of the molecule is CCc1ccc(C)c(C(C)=C2CCC2)c1. The molecule has 1 saturated carbocycles. The first kappa shape index (κ1) is 10.5. The molecule has 80 valence electrons. The third-order valence-corrected chi connectivity index (χ3v) is 3.60. The Balaban J connectivity index is 2.42. The average Bonchev–Trinajstić information content (AvgIpc) is 2.15. The Kier molecular flexibility index (Phi) is 2.95. The van der Waals surface area contributed by atoms with E-state index in [1.807, 2.05) is 0 Å². The Morgan fingerprint density at radius 2 is 2.00 bits per heavy atom. The van der Waals surface area contributed by atoms with Crippen molar-refractivity contribution in [3.05, 3.63) is 40.5 Å². The van der Waals surface area contributed by atoms with Crippen LogP contribution < -0.4 is 0 Å². The van der Waals surface area contributed by atoms with Crippen LogP contribution in [0, 0.1) is 6.92 Å². The molecule has 1 aliphatic carbocycles. The van der Waals surface area contributed by atoms with Gasteiger partial charge in [0.05, 0.1) is 0 Å². The van der Waals surface area contributed by atoms with Crippen molar-refractivity contribution in [2.24, 2.45) is 0 Å². The lowest BCUT2D eigenvalue weighted by atomic mass is 9.84. The van der Waals surface area contributed by atoms with E-state index in [2.05, 4.69) is 39.0 Å². The molecule has 0 N–H and O–H groups in total. The van der Waals surface area contributed by atoms with Crippen molar-refractivity contribution in [3.8, 4) is 0 Å². The third-order valence-electron chi connectivity index (χ3n) is 3.60. The topological polar surface area (TPSA) is 0 Å². The van der Waals surface area contributed by atoms with Crippen molar-refractivity contribution in [1.29, 1.82) is 0 Å². The van der Waals surface area contributed by atoms with E-state index >= 15 is 0 Å².